The van der Waals surface area contributed by atoms with Gasteiger partial charge in [0.05, 0.1) is 13.2 Å². The average Bonchev–Trinajstić information content (AvgIpc) is 3.28. The molecule has 1 aromatic rings. The summed E-state index contributed by atoms with van der Waals surface area (Å²) in [5.41, 5.74) is 2.35. The van der Waals surface area contributed by atoms with E-state index in [1.165, 1.54) is 11.1 Å². The number of nitrogens with zero attached hydrogens (tertiary/aromatic N) is 4. The van der Waals surface area contributed by atoms with Gasteiger partial charge < -0.3 is 19.9 Å². The third-order valence-corrected chi connectivity index (χ3v) is 5.95. The Hall–Kier alpha value is -2.28. The van der Waals surface area contributed by atoms with Crippen molar-refractivity contribution >= 4 is 11.9 Å². The van der Waals surface area contributed by atoms with Crippen molar-refractivity contribution in [3.8, 4) is 5.75 Å². The molecule has 2 saturated heterocycles. The molecule has 1 atom stereocenters. The average molecular weight is 402 g/mol. The molecule has 7 nitrogen and oxygen atoms in total. The Morgan fingerprint density at radius 3 is 2.41 bits per heavy atom. The highest BCUT2D eigenvalue weighted by molar-refractivity contribution is 5.82. The van der Waals surface area contributed by atoms with Gasteiger partial charge in [0.1, 0.15) is 5.75 Å². The molecule has 0 radical (unpaired) electrons. The van der Waals surface area contributed by atoms with Crippen LogP contribution in [-0.4, -0.2) is 86.0 Å². The summed E-state index contributed by atoms with van der Waals surface area (Å²) in [5.74, 6) is 2.07. The van der Waals surface area contributed by atoms with Gasteiger partial charge in [0.2, 0.25) is 5.91 Å². The highest BCUT2D eigenvalue weighted by Gasteiger charge is 2.30. The second-order valence-electron chi connectivity index (χ2n) is 7.99. The Morgan fingerprint density at radius 2 is 1.79 bits per heavy atom. The van der Waals surface area contributed by atoms with Crippen LogP contribution in [0.3, 0.4) is 0 Å². The van der Waals surface area contributed by atoms with Gasteiger partial charge >= 0.3 is 0 Å². The van der Waals surface area contributed by atoms with Crippen molar-refractivity contribution < 1.29 is 9.53 Å². The molecule has 29 heavy (non-hydrogen) atoms. The molecule has 2 aliphatic rings. The number of aryl methyl sites for hydroxylation is 1. The Labute approximate surface area is 174 Å². The number of piperazine rings is 1. The number of benzene rings is 1. The molecule has 0 aromatic heterocycles. The van der Waals surface area contributed by atoms with E-state index in [4.69, 9.17) is 4.74 Å². The van der Waals surface area contributed by atoms with E-state index < -0.39 is 0 Å². The summed E-state index contributed by atoms with van der Waals surface area (Å²) in [6.45, 7) is 10.2. The SMILES string of the molecule is CN=C(NCc1cc(C)cc(OC)c1)N1CCN(C(C)C(=O)N2CCCC2)CC1. The smallest absolute Gasteiger partial charge is 0.239 e. The summed E-state index contributed by atoms with van der Waals surface area (Å²) in [4.78, 5) is 23.7. The number of carbonyl (C=O) groups is 1. The lowest BCUT2D eigenvalue weighted by atomic mass is 10.1. The van der Waals surface area contributed by atoms with Crippen LogP contribution in [0.25, 0.3) is 0 Å². The highest BCUT2D eigenvalue weighted by Crippen LogP contribution is 2.17. The summed E-state index contributed by atoms with van der Waals surface area (Å²) in [6.07, 6.45) is 2.28. The van der Waals surface area contributed by atoms with Gasteiger partial charge in [-0.2, -0.15) is 0 Å². The first-order chi connectivity index (χ1) is 14.0. The van der Waals surface area contributed by atoms with Crippen molar-refractivity contribution in [2.75, 3.05) is 53.4 Å². The van der Waals surface area contributed by atoms with Gasteiger partial charge in [-0.05, 0) is 49.9 Å². The lowest BCUT2D eigenvalue weighted by Crippen LogP contribution is -2.57. The second kappa shape index (κ2) is 9.96. The maximum atomic E-state index is 12.7. The fourth-order valence-electron chi connectivity index (χ4n) is 4.24. The number of hydrogen-bond acceptors (Lipinski definition) is 4. The van der Waals surface area contributed by atoms with Gasteiger partial charge in [-0.1, -0.05) is 6.07 Å². The van der Waals surface area contributed by atoms with Crippen LogP contribution >= 0.6 is 0 Å². The lowest BCUT2D eigenvalue weighted by molar-refractivity contribution is -0.135. The fraction of sp³-hybridized carbons (Fsp3) is 0.636. The minimum Gasteiger partial charge on any atom is -0.497 e. The van der Waals surface area contributed by atoms with E-state index in [9.17, 15) is 4.79 Å². The lowest BCUT2D eigenvalue weighted by Gasteiger charge is -2.39. The van der Waals surface area contributed by atoms with Gasteiger partial charge in [-0.25, -0.2) is 0 Å². The summed E-state index contributed by atoms with van der Waals surface area (Å²) in [5, 5.41) is 3.47. The first-order valence-corrected chi connectivity index (χ1v) is 10.6. The van der Waals surface area contributed by atoms with E-state index in [1.54, 1.807) is 7.11 Å². The Bertz CT molecular complexity index is 722. The van der Waals surface area contributed by atoms with Gasteiger partial charge in [-0.3, -0.25) is 14.7 Å². The van der Waals surface area contributed by atoms with Gasteiger partial charge in [0, 0.05) is 52.9 Å². The largest absolute Gasteiger partial charge is 0.497 e. The number of methoxy groups -OCH3 is 1. The van der Waals surface area contributed by atoms with Gasteiger partial charge in [-0.15, -0.1) is 0 Å². The van der Waals surface area contributed by atoms with Crippen LogP contribution in [0.15, 0.2) is 23.2 Å². The van der Waals surface area contributed by atoms with Crippen molar-refractivity contribution in [3.05, 3.63) is 29.3 Å². The molecule has 0 spiro atoms. The number of likely N-dealkylation sites (tertiary alicyclic amines) is 1. The molecule has 160 valence electrons. The number of ether oxygens (including phenoxy) is 1. The van der Waals surface area contributed by atoms with Crippen molar-refractivity contribution in [1.82, 2.24) is 20.0 Å². The van der Waals surface area contributed by atoms with Crippen molar-refractivity contribution in [2.45, 2.75) is 39.3 Å². The molecule has 1 unspecified atom stereocenters. The Morgan fingerprint density at radius 1 is 1.10 bits per heavy atom. The summed E-state index contributed by atoms with van der Waals surface area (Å²) in [6, 6.07) is 6.20. The molecule has 2 heterocycles. The molecule has 2 aliphatic heterocycles. The third kappa shape index (κ3) is 5.41. The molecular weight excluding hydrogens is 366 g/mol. The predicted octanol–water partition coefficient (Wildman–Crippen LogP) is 1.71. The second-order valence-corrected chi connectivity index (χ2v) is 7.99. The zero-order valence-corrected chi connectivity index (χ0v) is 18.3. The van der Waals surface area contributed by atoms with E-state index in [2.05, 4.69) is 46.1 Å². The number of carbonyl (C=O) groups excluding carboxylic acids is 1. The van der Waals surface area contributed by atoms with Gasteiger partial charge in [0.15, 0.2) is 5.96 Å². The first kappa shape index (κ1) is 21.4. The van der Waals surface area contributed by atoms with Crippen LogP contribution < -0.4 is 10.1 Å². The van der Waals surface area contributed by atoms with Gasteiger partial charge in [0.25, 0.3) is 0 Å². The summed E-state index contributed by atoms with van der Waals surface area (Å²) >= 11 is 0. The van der Waals surface area contributed by atoms with E-state index in [1.807, 2.05) is 18.0 Å². The van der Waals surface area contributed by atoms with E-state index in [-0.39, 0.29) is 11.9 Å². The Kier molecular flexibility index (Phi) is 7.36. The quantitative estimate of drug-likeness (QED) is 0.601. The van der Waals surface area contributed by atoms with Crippen molar-refractivity contribution in [3.63, 3.8) is 0 Å². The molecule has 7 heteroatoms. The number of hydrogen-bond donors (Lipinski definition) is 1. The topological polar surface area (TPSA) is 60.4 Å². The molecule has 1 aromatic carbocycles. The van der Waals surface area contributed by atoms with E-state index in [0.29, 0.717) is 6.54 Å². The van der Waals surface area contributed by atoms with Crippen LogP contribution in [0.5, 0.6) is 5.75 Å². The van der Waals surface area contributed by atoms with Crippen molar-refractivity contribution in [2.24, 2.45) is 4.99 Å². The molecule has 1 amide bonds. The first-order valence-electron chi connectivity index (χ1n) is 10.6. The number of aliphatic imine (C=N–C) groups is 1. The monoisotopic (exact) mass is 401 g/mol. The highest BCUT2D eigenvalue weighted by atomic mass is 16.5. The minimum atomic E-state index is -0.0371. The molecular formula is C22H35N5O2. The maximum absolute atomic E-state index is 12.7. The summed E-state index contributed by atoms with van der Waals surface area (Å²) in [7, 11) is 3.52. The zero-order valence-electron chi connectivity index (χ0n) is 18.3. The van der Waals surface area contributed by atoms with Crippen LogP contribution in [0, 0.1) is 6.92 Å². The number of rotatable bonds is 5. The normalized spacial score (nSPS) is 19.4. The van der Waals surface area contributed by atoms with E-state index in [0.717, 1.165) is 63.8 Å². The van der Waals surface area contributed by atoms with Crippen LogP contribution in [-0.2, 0) is 11.3 Å². The zero-order chi connectivity index (χ0) is 20.8. The summed E-state index contributed by atoms with van der Waals surface area (Å²) < 4.78 is 5.37. The van der Waals surface area contributed by atoms with E-state index >= 15 is 0 Å². The van der Waals surface area contributed by atoms with Crippen LogP contribution in [0.2, 0.25) is 0 Å². The van der Waals surface area contributed by atoms with Crippen LogP contribution in [0.1, 0.15) is 30.9 Å². The third-order valence-electron chi connectivity index (χ3n) is 5.95. The maximum Gasteiger partial charge on any atom is 0.239 e. The molecule has 2 fully saturated rings. The number of amides is 1. The molecule has 0 saturated carbocycles. The standard InChI is InChI=1S/C22H35N5O2/c1-17-13-19(15-20(14-17)29-4)16-24-22(23-3)27-11-9-25(10-12-27)18(2)21(28)26-7-5-6-8-26/h13-15,18H,5-12,16H2,1-4H3,(H,23,24). The van der Waals surface area contributed by atoms with Crippen LogP contribution in [0.4, 0.5) is 0 Å². The minimum absolute atomic E-state index is 0.0371. The number of nitrogens with one attached hydrogen (secondary N) is 1. The fourth-order valence-corrected chi connectivity index (χ4v) is 4.24. The molecule has 3 rings (SSSR count). The van der Waals surface area contributed by atoms with Crippen molar-refractivity contribution in [1.29, 1.82) is 0 Å². The Balaban J connectivity index is 1.51. The molecule has 0 aliphatic carbocycles. The molecule has 1 N–H and O–H groups in total. The predicted molar refractivity (Wildman–Crippen MR) is 116 cm³/mol. The molecule has 0 bridgehead atoms. The number of guanidine groups is 1.